The van der Waals surface area contributed by atoms with E-state index in [0.717, 1.165) is 19.4 Å². The molecule has 17 heavy (non-hydrogen) atoms. The molecule has 1 heterocycles. The lowest BCUT2D eigenvalue weighted by atomic mass is 10.2. The molecular formula is C10H20Cl2N4O. The summed E-state index contributed by atoms with van der Waals surface area (Å²) in [5.74, 6) is -0.0723. The van der Waals surface area contributed by atoms with E-state index < -0.39 is 0 Å². The Morgan fingerprint density at radius 3 is 2.76 bits per heavy atom. The molecular weight excluding hydrogens is 263 g/mol. The summed E-state index contributed by atoms with van der Waals surface area (Å²) < 4.78 is 1.91. The molecule has 5 nitrogen and oxygen atoms in total. The van der Waals surface area contributed by atoms with Gasteiger partial charge in [-0.05, 0) is 6.42 Å². The molecule has 3 N–H and O–H groups in total. The monoisotopic (exact) mass is 282 g/mol. The molecule has 1 atom stereocenters. The zero-order chi connectivity index (χ0) is 11.1. The van der Waals surface area contributed by atoms with Crippen LogP contribution in [0, 0.1) is 0 Å². The first-order chi connectivity index (χ1) is 7.24. The Morgan fingerprint density at radius 2 is 2.24 bits per heavy atom. The minimum Gasteiger partial charge on any atom is -0.353 e. The van der Waals surface area contributed by atoms with E-state index in [2.05, 4.69) is 10.3 Å². The molecule has 0 aliphatic rings. The summed E-state index contributed by atoms with van der Waals surface area (Å²) in [6.07, 6.45) is 6.95. The van der Waals surface area contributed by atoms with Crippen molar-refractivity contribution in [2.45, 2.75) is 32.4 Å². The van der Waals surface area contributed by atoms with Crippen LogP contribution in [0.5, 0.6) is 0 Å². The first kappa shape index (κ1) is 18.6. The average Bonchev–Trinajstić information content (AvgIpc) is 2.71. The molecule has 0 fully saturated rings. The Kier molecular flexibility index (Phi) is 11.3. The molecule has 1 rings (SSSR count). The first-order valence-corrected chi connectivity index (χ1v) is 5.23. The van der Waals surface area contributed by atoms with Crippen LogP contribution in [0.15, 0.2) is 18.7 Å². The fourth-order valence-electron chi connectivity index (χ4n) is 1.30. The highest BCUT2D eigenvalue weighted by Crippen LogP contribution is 1.92. The van der Waals surface area contributed by atoms with E-state index in [0.29, 0.717) is 6.54 Å². The van der Waals surface area contributed by atoms with E-state index in [4.69, 9.17) is 5.73 Å². The first-order valence-electron chi connectivity index (χ1n) is 5.23. The second-order valence-corrected chi connectivity index (χ2v) is 3.49. The molecule has 100 valence electrons. The third kappa shape index (κ3) is 7.20. The quantitative estimate of drug-likeness (QED) is 0.817. The van der Waals surface area contributed by atoms with E-state index in [-0.39, 0.29) is 36.8 Å². The summed E-state index contributed by atoms with van der Waals surface area (Å²) >= 11 is 0. The number of imidazole rings is 1. The highest BCUT2D eigenvalue weighted by molar-refractivity contribution is 5.85. The smallest absolute Gasteiger partial charge is 0.236 e. The van der Waals surface area contributed by atoms with Crippen molar-refractivity contribution in [3.05, 3.63) is 18.7 Å². The van der Waals surface area contributed by atoms with Crippen molar-refractivity contribution in [3.8, 4) is 0 Å². The van der Waals surface area contributed by atoms with Crippen molar-refractivity contribution >= 4 is 30.7 Å². The van der Waals surface area contributed by atoms with Gasteiger partial charge in [0.05, 0.1) is 12.4 Å². The predicted molar refractivity (Wildman–Crippen MR) is 72.6 cm³/mol. The lowest BCUT2D eigenvalue weighted by Crippen LogP contribution is -2.41. The third-order valence-corrected chi connectivity index (χ3v) is 2.16. The summed E-state index contributed by atoms with van der Waals surface area (Å²) in [6, 6.07) is -0.377. The van der Waals surface area contributed by atoms with Crippen LogP contribution in [0.2, 0.25) is 0 Å². The minimum absolute atomic E-state index is 0. The van der Waals surface area contributed by atoms with E-state index in [1.54, 1.807) is 12.5 Å². The summed E-state index contributed by atoms with van der Waals surface area (Å²) in [4.78, 5) is 15.3. The summed E-state index contributed by atoms with van der Waals surface area (Å²) in [7, 11) is 0. The van der Waals surface area contributed by atoms with Gasteiger partial charge in [-0.1, -0.05) is 13.3 Å². The Balaban J connectivity index is 0. The van der Waals surface area contributed by atoms with Crippen LogP contribution >= 0.6 is 24.8 Å². The van der Waals surface area contributed by atoms with Crippen LogP contribution in [0.3, 0.4) is 0 Å². The molecule has 1 aromatic heterocycles. The molecule has 0 bridgehead atoms. The van der Waals surface area contributed by atoms with Gasteiger partial charge in [0.25, 0.3) is 0 Å². The molecule has 0 saturated heterocycles. The zero-order valence-corrected chi connectivity index (χ0v) is 11.5. The third-order valence-electron chi connectivity index (χ3n) is 2.16. The van der Waals surface area contributed by atoms with E-state index >= 15 is 0 Å². The summed E-state index contributed by atoms with van der Waals surface area (Å²) in [5.41, 5.74) is 5.66. The summed E-state index contributed by atoms with van der Waals surface area (Å²) in [6.45, 7) is 3.33. The van der Waals surface area contributed by atoms with Gasteiger partial charge < -0.3 is 15.6 Å². The Labute approximate surface area is 114 Å². The topological polar surface area (TPSA) is 72.9 Å². The van der Waals surface area contributed by atoms with Gasteiger partial charge in [0.1, 0.15) is 0 Å². The number of carbonyl (C=O) groups is 1. The number of carbonyl (C=O) groups excluding carboxylic acids is 1. The van der Waals surface area contributed by atoms with Gasteiger partial charge in [-0.2, -0.15) is 0 Å². The fraction of sp³-hybridized carbons (Fsp3) is 0.600. The lowest BCUT2D eigenvalue weighted by Gasteiger charge is -2.11. The number of nitrogens with two attached hydrogens (primary N) is 1. The Hall–Kier alpha value is -0.780. The normalized spacial score (nSPS) is 10.9. The number of aromatic nitrogens is 2. The van der Waals surface area contributed by atoms with Crippen LogP contribution < -0.4 is 11.1 Å². The number of nitrogens with zero attached hydrogens (tertiary/aromatic N) is 2. The van der Waals surface area contributed by atoms with Crippen LogP contribution in [-0.2, 0) is 11.3 Å². The molecule has 7 heteroatoms. The van der Waals surface area contributed by atoms with E-state index in [1.807, 2.05) is 17.7 Å². The Bertz CT molecular complexity index is 293. The number of hydrogen-bond acceptors (Lipinski definition) is 3. The minimum atomic E-state index is -0.377. The maximum atomic E-state index is 11.4. The fourth-order valence-corrected chi connectivity index (χ4v) is 1.30. The molecule has 0 radical (unpaired) electrons. The molecule has 0 aliphatic heterocycles. The lowest BCUT2D eigenvalue weighted by molar-refractivity contribution is -0.122. The average molecular weight is 283 g/mol. The summed E-state index contributed by atoms with van der Waals surface area (Å²) in [5, 5.41) is 2.79. The van der Waals surface area contributed by atoms with Crippen molar-refractivity contribution in [1.82, 2.24) is 14.9 Å². The number of halogens is 2. The molecule has 1 unspecified atom stereocenters. The highest BCUT2D eigenvalue weighted by Gasteiger charge is 2.10. The van der Waals surface area contributed by atoms with Gasteiger partial charge in [0, 0.05) is 25.5 Å². The van der Waals surface area contributed by atoms with Crippen LogP contribution in [0.4, 0.5) is 0 Å². The van der Waals surface area contributed by atoms with Crippen LogP contribution in [0.25, 0.3) is 0 Å². The van der Waals surface area contributed by atoms with Gasteiger partial charge in [-0.3, -0.25) is 4.79 Å². The molecule has 0 spiro atoms. The molecule has 1 aromatic rings. The predicted octanol–water partition coefficient (Wildman–Crippen LogP) is 0.970. The largest absolute Gasteiger partial charge is 0.353 e. The van der Waals surface area contributed by atoms with Gasteiger partial charge in [-0.15, -0.1) is 24.8 Å². The number of hydrogen-bond donors (Lipinski definition) is 2. The van der Waals surface area contributed by atoms with Crippen molar-refractivity contribution in [2.24, 2.45) is 5.73 Å². The highest BCUT2D eigenvalue weighted by atomic mass is 35.5. The van der Waals surface area contributed by atoms with Crippen molar-refractivity contribution in [2.75, 3.05) is 6.54 Å². The molecule has 0 aliphatic carbocycles. The second-order valence-electron chi connectivity index (χ2n) is 3.49. The van der Waals surface area contributed by atoms with Gasteiger partial charge in [0.15, 0.2) is 0 Å². The SMILES string of the molecule is CCCC(N)C(=O)NCCn1ccnc1.Cl.Cl. The van der Waals surface area contributed by atoms with Crippen molar-refractivity contribution in [1.29, 1.82) is 0 Å². The maximum absolute atomic E-state index is 11.4. The Morgan fingerprint density at radius 1 is 1.53 bits per heavy atom. The van der Waals surface area contributed by atoms with Gasteiger partial charge >= 0.3 is 0 Å². The number of nitrogens with one attached hydrogen (secondary N) is 1. The standard InChI is InChI=1S/C10H18N4O.2ClH/c1-2-3-9(11)10(15)13-5-7-14-6-4-12-8-14;;/h4,6,8-9H,2-3,5,7,11H2,1H3,(H,13,15);2*1H. The molecule has 0 aromatic carbocycles. The number of amides is 1. The van der Waals surface area contributed by atoms with E-state index in [1.165, 1.54) is 0 Å². The zero-order valence-electron chi connectivity index (χ0n) is 9.83. The van der Waals surface area contributed by atoms with Crippen molar-refractivity contribution in [3.63, 3.8) is 0 Å². The number of rotatable bonds is 6. The van der Waals surface area contributed by atoms with E-state index in [9.17, 15) is 4.79 Å². The van der Waals surface area contributed by atoms with Gasteiger partial charge in [0.2, 0.25) is 5.91 Å². The van der Waals surface area contributed by atoms with Crippen LogP contribution in [-0.4, -0.2) is 28.0 Å². The molecule has 1 amide bonds. The van der Waals surface area contributed by atoms with Gasteiger partial charge in [-0.25, -0.2) is 4.98 Å². The van der Waals surface area contributed by atoms with Crippen molar-refractivity contribution < 1.29 is 4.79 Å². The molecule has 0 saturated carbocycles. The second kappa shape index (κ2) is 10.4. The maximum Gasteiger partial charge on any atom is 0.236 e. The van der Waals surface area contributed by atoms with Crippen LogP contribution in [0.1, 0.15) is 19.8 Å².